The van der Waals surface area contributed by atoms with Crippen molar-refractivity contribution in [1.82, 2.24) is 9.38 Å². The van der Waals surface area contributed by atoms with Crippen molar-refractivity contribution < 1.29 is 0 Å². The number of nitriles is 2. The fourth-order valence-electron chi connectivity index (χ4n) is 5.21. The molecule has 2 aromatic heterocycles. The zero-order valence-electron chi connectivity index (χ0n) is 17.7. The minimum atomic E-state index is 0. The smallest absolute Gasteiger partial charge is 0.157 e. The number of benzene rings is 1. The summed E-state index contributed by atoms with van der Waals surface area (Å²) in [6, 6.07) is 13.1. The van der Waals surface area contributed by atoms with Gasteiger partial charge in [-0.25, -0.2) is 4.98 Å². The third-order valence-corrected chi connectivity index (χ3v) is 7.77. The summed E-state index contributed by atoms with van der Waals surface area (Å²) in [5, 5.41) is 19.5. The molecule has 2 fully saturated rings. The second kappa shape index (κ2) is 8.99. The van der Waals surface area contributed by atoms with Crippen molar-refractivity contribution >= 4 is 46.7 Å². The standard InChI is InChI=1S/C24H25N5S.ClH/c1-16-22(18-8-12-30-13-9-18)19(15-26)23-27-20-4-2-3-5-21(20)29(23)24(16)28-10-6-17(14-25)7-11-28;/h2-5,17-18H,6-13H2,1H3;1H. The third-order valence-electron chi connectivity index (χ3n) is 6.72. The van der Waals surface area contributed by atoms with Gasteiger partial charge in [-0.15, -0.1) is 12.4 Å². The van der Waals surface area contributed by atoms with Crippen LogP contribution < -0.4 is 4.90 Å². The lowest BCUT2D eigenvalue weighted by Gasteiger charge is -2.35. The van der Waals surface area contributed by atoms with Crippen LogP contribution in [-0.4, -0.2) is 34.0 Å². The number of imidazole rings is 1. The summed E-state index contributed by atoms with van der Waals surface area (Å²) in [5.74, 6) is 4.03. The van der Waals surface area contributed by atoms with Crippen molar-refractivity contribution in [2.24, 2.45) is 5.92 Å². The van der Waals surface area contributed by atoms with Gasteiger partial charge in [-0.05, 0) is 73.3 Å². The fraction of sp³-hybridized carbons (Fsp3) is 0.458. The molecule has 0 bridgehead atoms. The zero-order valence-corrected chi connectivity index (χ0v) is 19.3. The number of hydrogen-bond donors (Lipinski definition) is 0. The van der Waals surface area contributed by atoms with Crippen molar-refractivity contribution in [3.8, 4) is 12.1 Å². The number of rotatable bonds is 2. The Hall–Kier alpha value is -2.41. The van der Waals surface area contributed by atoms with Crippen LogP contribution in [0.2, 0.25) is 0 Å². The lowest BCUT2D eigenvalue weighted by Crippen LogP contribution is -2.35. The number of hydrogen-bond acceptors (Lipinski definition) is 5. The molecular weight excluding hydrogens is 426 g/mol. The van der Waals surface area contributed by atoms with Gasteiger partial charge in [0.2, 0.25) is 0 Å². The highest BCUT2D eigenvalue weighted by Crippen LogP contribution is 2.41. The first kappa shape index (κ1) is 21.8. The number of piperidine rings is 1. The molecule has 5 nitrogen and oxygen atoms in total. The summed E-state index contributed by atoms with van der Waals surface area (Å²) in [6.07, 6.45) is 4.01. The Bertz CT molecular complexity index is 1190. The van der Waals surface area contributed by atoms with E-state index < -0.39 is 0 Å². The molecule has 0 unspecified atom stereocenters. The quantitative estimate of drug-likeness (QED) is 0.518. The molecule has 3 aromatic rings. The SMILES string of the molecule is Cc1c(C2CCSCC2)c(C#N)c2nc3ccccc3n2c1N1CCC(C#N)CC1.Cl. The van der Waals surface area contributed by atoms with E-state index in [0.717, 1.165) is 72.5 Å². The summed E-state index contributed by atoms with van der Waals surface area (Å²) in [4.78, 5) is 7.35. The molecule has 0 radical (unpaired) electrons. The van der Waals surface area contributed by atoms with Gasteiger partial charge in [-0.1, -0.05) is 12.1 Å². The molecule has 7 heteroatoms. The van der Waals surface area contributed by atoms with E-state index in [9.17, 15) is 10.5 Å². The largest absolute Gasteiger partial charge is 0.357 e. The monoisotopic (exact) mass is 451 g/mol. The molecule has 2 saturated heterocycles. The molecule has 0 spiro atoms. The van der Waals surface area contributed by atoms with Crippen LogP contribution in [0, 0.1) is 35.5 Å². The highest BCUT2D eigenvalue weighted by Gasteiger charge is 2.30. The molecule has 0 atom stereocenters. The van der Waals surface area contributed by atoms with E-state index in [2.05, 4.69) is 34.4 Å². The molecule has 0 aliphatic carbocycles. The zero-order chi connectivity index (χ0) is 20.7. The highest BCUT2D eigenvalue weighted by atomic mass is 35.5. The number of para-hydroxylation sites is 2. The summed E-state index contributed by atoms with van der Waals surface area (Å²) >= 11 is 2.01. The van der Waals surface area contributed by atoms with Crippen molar-refractivity contribution in [3.05, 3.63) is 41.0 Å². The Balaban J connectivity index is 0.00000231. The molecular formula is C24H26ClN5S. The van der Waals surface area contributed by atoms with Gasteiger partial charge in [0.15, 0.2) is 5.65 Å². The van der Waals surface area contributed by atoms with E-state index >= 15 is 0 Å². The van der Waals surface area contributed by atoms with Crippen molar-refractivity contribution in [3.63, 3.8) is 0 Å². The maximum atomic E-state index is 10.2. The Morgan fingerprint density at radius 1 is 1.06 bits per heavy atom. The number of halogens is 1. The molecule has 31 heavy (non-hydrogen) atoms. The van der Waals surface area contributed by atoms with Crippen LogP contribution in [0.15, 0.2) is 24.3 Å². The predicted octanol–water partition coefficient (Wildman–Crippen LogP) is 5.44. The molecule has 0 saturated carbocycles. The molecule has 2 aliphatic heterocycles. The Morgan fingerprint density at radius 2 is 1.77 bits per heavy atom. The van der Waals surface area contributed by atoms with Gasteiger partial charge in [0.1, 0.15) is 11.9 Å². The minimum Gasteiger partial charge on any atom is -0.357 e. The first-order valence-electron chi connectivity index (χ1n) is 10.8. The maximum Gasteiger partial charge on any atom is 0.157 e. The fourth-order valence-corrected chi connectivity index (χ4v) is 6.32. The number of fused-ring (bicyclic) bond motifs is 3. The van der Waals surface area contributed by atoms with E-state index in [-0.39, 0.29) is 18.3 Å². The van der Waals surface area contributed by atoms with Gasteiger partial charge in [-0.2, -0.15) is 22.3 Å². The number of nitrogens with zero attached hydrogens (tertiary/aromatic N) is 5. The normalized spacial score (nSPS) is 18.0. The first-order chi connectivity index (χ1) is 14.7. The Kier molecular flexibility index (Phi) is 6.32. The van der Waals surface area contributed by atoms with Crippen LogP contribution in [0.4, 0.5) is 5.82 Å². The van der Waals surface area contributed by atoms with E-state index in [1.54, 1.807) is 0 Å². The average Bonchev–Trinajstić information content (AvgIpc) is 3.18. The van der Waals surface area contributed by atoms with Gasteiger partial charge >= 0.3 is 0 Å². The van der Waals surface area contributed by atoms with Gasteiger partial charge in [0, 0.05) is 19.0 Å². The van der Waals surface area contributed by atoms with E-state index in [0.29, 0.717) is 5.92 Å². The van der Waals surface area contributed by atoms with Gasteiger partial charge in [0.05, 0.1) is 22.7 Å². The molecule has 5 rings (SSSR count). The van der Waals surface area contributed by atoms with Crippen LogP contribution in [-0.2, 0) is 0 Å². The van der Waals surface area contributed by atoms with Crippen molar-refractivity contribution in [2.75, 3.05) is 29.5 Å². The van der Waals surface area contributed by atoms with Crippen LogP contribution in [0.1, 0.15) is 48.3 Å². The van der Waals surface area contributed by atoms with Gasteiger partial charge in [0.25, 0.3) is 0 Å². The summed E-state index contributed by atoms with van der Waals surface area (Å²) in [6.45, 7) is 3.93. The molecule has 0 amide bonds. The Morgan fingerprint density at radius 3 is 2.45 bits per heavy atom. The maximum absolute atomic E-state index is 10.2. The van der Waals surface area contributed by atoms with Crippen LogP contribution in [0.25, 0.3) is 16.7 Å². The molecule has 160 valence electrons. The summed E-state index contributed by atoms with van der Waals surface area (Å²) in [5.41, 5.74) is 5.94. The van der Waals surface area contributed by atoms with Crippen LogP contribution in [0.3, 0.4) is 0 Å². The van der Waals surface area contributed by atoms with E-state index in [1.165, 1.54) is 16.9 Å². The second-order valence-electron chi connectivity index (χ2n) is 8.39. The minimum absolute atomic E-state index is 0. The topological polar surface area (TPSA) is 68.1 Å². The van der Waals surface area contributed by atoms with Crippen LogP contribution >= 0.6 is 24.2 Å². The van der Waals surface area contributed by atoms with Gasteiger partial charge in [-0.3, -0.25) is 4.40 Å². The first-order valence-corrected chi connectivity index (χ1v) is 11.9. The van der Waals surface area contributed by atoms with E-state index in [1.807, 2.05) is 30.0 Å². The Labute approximate surface area is 193 Å². The molecule has 2 aliphatic rings. The summed E-state index contributed by atoms with van der Waals surface area (Å²) < 4.78 is 2.21. The van der Waals surface area contributed by atoms with Gasteiger partial charge < -0.3 is 4.90 Å². The number of thioether (sulfide) groups is 1. The number of aromatic nitrogens is 2. The number of anilines is 1. The molecule has 1 aromatic carbocycles. The average molecular weight is 452 g/mol. The number of pyridine rings is 1. The summed E-state index contributed by atoms with van der Waals surface area (Å²) in [7, 11) is 0. The molecule has 0 N–H and O–H groups in total. The van der Waals surface area contributed by atoms with Crippen molar-refractivity contribution in [1.29, 1.82) is 10.5 Å². The van der Waals surface area contributed by atoms with Crippen molar-refractivity contribution in [2.45, 2.75) is 38.5 Å². The lowest BCUT2D eigenvalue weighted by atomic mass is 9.86. The second-order valence-corrected chi connectivity index (χ2v) is 9.61. The highest BCUT2D eigenvalue weighted by molar-refractivity contribution is 7.99. The van der Waals surface area contributed by atoms with E-state index in [4.69, 9.17) is 4.98 Å². The third kappa shape index (κ3) is 3.63. The van der Waals surface area contributed by atoms with Crippen LogP contribution in [0.5, 0.6) is 0 Å². The predicted molar refractivity (Wildman–Crippen MR) is 129 cm³/mol. The molecule has 4 heterocycles. The lowest BCUT2D eigenvalue weighted by molar-refractivity contribution is 0.483.